The molecular weight excluding hydrogens is 424 g/mol. The minimum absolute atomic E-state index is 0.124. The monoisotopic (exact) mass is 444 g/mol. The van der Waals surface area contributed by atoms with E-state index in [0.29, 0.717) is 11.1 Å². The first-order valence-electron chi connectivity index (χ1n) is 9.63. The minimum atomic E-state index is -1.83. The van der Waals surface area contributed by atoms with E-state index in [1.165, 1.54) is 24.3 Å². The molecule has 32 heavy (non-hydrogen) atoms. The molecule has 11 nitrogen and oxygen atoms in total. The highest BCUT2D eigenvalue weighted by molar-refractivity contribution is 6.09. The average Bonchev–Trinajstić information content (AvgIpc) is 3.09. The second-order valence-electron chi connectivity index (χ2n) is 7.40. The van der Waals surface area contributed by atoms with Crippen molar-refractivity contribution >= 4 is 17.9 Å². The lowest BCUT2D eigenvalue weighted by Gasteiger charge is -2.38. The molecule has 0 aromatic heterocycles. The smallest absolute Gasteiger partial charge is 0.335 e. The zero-order chi connectivity index (χ0) is 23.0. The van der Waals surface area contributed by atoms with Crippen LogP contribution in [-0.4, -0.2) is 69.0 Å². The number of hydrogen-bond acceptors (Lipinski definition) is 8. The number of carbonyl (C=O) groups is 3. The lowest BCUT2D eigenvalue weighted by atomic mass is 9.83. The van der Waals surface area contributed by atoms with E-state index in [1.807, 2.05) is 0 Å². The van der Waals surface area contributed by atoms with Gasteiger partial charge in [-0.05, 0) is 23.3 Å². The number of aliphatic hydroxyl groups is 3. The average molecular weight is 444 g/mol. The van der Waals surface area contributed by atoms with Crippen molar-refractivity contribution in [3.05, 3.63) is 65.7 Å². The van der Waals surface area contributed by atoms with Crippen LogP contribution in [0.2, 0.25) is 0 Å². The summed E-state index contributed by atoms with van der Waals surface area (Å²) in [6.45, 7) is 0. The SMILES string of the molecule is O=C1NC(=O)C(c2ccccc2)(c2ccc(OC3O[C@H](C(=O)O)[C@@H](O)[C@H](O)[C@H]3O)cc2)N1. The predicted octanol–water partition coefficient (Wildman–Crippen LogP) is -0.959. The topological polar surface area (TPSA) is 175 Å². The third-order valence-electron chi connectivity index (χ3n) is 5.43. The highest BCUT2D eigenvalue weighted by atomic mass is 16.7. The van der Waals surface area contributed by atoms with Crippen LogP contribution in [0.5, 0.6) is 5.75 Å². The molecule has 2 aromatic rings. The van der Waals surface area contributed by atoms with Gasteiger partial charge < -0.3 is 35.2 Å². The molecule has 6 atom stereocenters. The van der Waals surface area contributed by atoms with Crippen LogP contribution in [0.1, 0.15) is 11.1 Å². The van der Waals surface area contributed by atoms with Gasteiger partial charge in [0.1, 0.15) is 24.1 Å². The minimum Gasteiger partial charge on any atom is -0.479 e. The zero-order valence-corrected chi connectivity index (χ0v) is 16.4. The van der Waals surface area contributed by atoms with E-state index in [0.717, 1.165) is 0 Å². The number of nitrogens with one attached hydrogen (secondary N) is 2. The van der Waals surface area contributed by atoms with Gasteiger partial charge in [-0.15, -0.1) is 0 Å². The van der Waals surface area contributed by atoms with Crippen molar-refractivity contribution in [2.75, 3.05) is 0 Å². The molecule has 2 heterocycles. The number of aliphatic hydroxyl groups excluding tert-OH is 3. The van der Waals surface area contributed by atoms with E-state index in [1.54, 1.807) is 30.3 Å². The van der Waals surface area contributed by atoms with Crippen LogP contribution in [0, 0.1) is 0 Å². The second-order valence-corrected chi connectivity index (χ2v) is 7.40. The Kier molecular flexibility index (Phi) is 5.57. The van der Waals surface area contributed by atoms with Gasteiger partial charge in [-0.1, -0.05) is 42.5 Å². The van der Waals surface area contributed by atoms with Crippen molar-refractivity contribution in [2.24, 2.45) is 0 Å². The molecule has 2 unspecified atom stereocenters. The number of amides is 3. The Balaban J connectivity index is 1.61. The summed E-state index contributed by atoms with van der Waals surface area (Å²) in [5, 5.41) is 43.8. The van der Waals surface area contributed by atoms with Gasteiger partial charge in [0.2, 0.25) is 6.29 Å². The zero-order valence-electron chi connectivity index (χ0n) is 16.4. The number of carbonyl (C=O) groups excluding carboxylic acids is 2. The van der Waals surface area contributed by atoms with Gasteiger partial charge in [-0.25, -0.2) is 9.59 Å². The molecule has 3 amide bonds. The van der Waals surface area contributed by atoms with Crippen LogP contribution >= 0.6 is 0 Å². The molecule has 11 heteroatoms. The molecule has 2 fully saturated rings. The van der Waals surface area contributed by atoms with Crippen LogP contribution in [0.15, 0.2) is 54.6 Å². The fourth-order valence-corrected chi connectivity index (χ4v) is 3.78. The fourth-order valence-electron chi connectivity index (χ4n) is 3.78. The summed E-state index contributed by atoms with van der Waals surface area (Å²) in [4.78, 5) is 35.9. The molecule has 6 N–H and O–H groups in total. The molecule has 2 aliphatic rings. The Labute approximate surface area is 181 Å². The molecule has 0 saturated carbocycles. The number of urea groups is 1. The normalized spacial score (nSPS) is 32.2. The Hall–Kier alpha value is -3.51. The van der Waals surface area contributed by atoms with Crippen LogP contribution < -0.4 is 15.4 Å². The van der Waals surface area contributed by atoms with E-state index in [-0.39, 0.29) is 5.75 Å². The van der Waals surface area contributed by atoms with Gasteiger partial charge in [0.15, 0.2) is 11.6 Å². The summed E-state index contributed by atoms with van der Waals surface area (Å²) >= 11 is 0. The van der Waals surface area contributed by atoms with E-state index in [2.05, 4.69) is 10.6 Å². The summed E-state index contributed by atoms with van der Waals surface area (Å²) in [7, 11) is 0. The van der Waals surface area contributed by atoms with Crippen molar-refractivity contribution in [3.8, 4) is 5.75 Å². The van der Waals surface area contributed by atoms with Gasteiger partial charge in [-0.3, -0.25) is 10.1 Å². The lowest BCUT2D eigenvalue weighted by molar-refractivity contribution is -0.271. The van der Waals surface area contributed by atoms with Crippen LogP contribution in [0.3, 0.4) is 0 Å². The van der Waals surface area contributed by atoms with Crippen LogP contribution in [0.25, 0.3) is 0 Å². The Morgan fingerprint density at radius 1 is 0.906 bits per heavy atom. The van der Waals surface area contributed by atoms with E-state index in [9.17, 15) is 29.7 Å². The first-order valence-corrected chi connectivity index (χ1v) is 9.63. The molecule has 0 bridgehead atoms. The third-order valence-corrected chi connectivity index (χ3v) is 5.43. The van der Waals surface area contributed by atoms with Crippen molar-refractivity contribution in [1.82, 2.24) is 10.6 Å². The van der Waals surface area contributed by atoms with Crippen molar-refractivity contribution in [3.63, 3.8) is 0 Å². The summed E-state index contributed by atoms with van der Waals surface area (Å²) in [5.74, 6) is -1.96. The van der Waals surface area contributed by atoms with Gasteiger partial charge in [-0.2, -0.15) is 0 Å². The summed E-state index contributed by atoms with van der Waals surface area (Å²) < 4.78 is 10.6. The highest BCUT2D eigenvalue weighted by Gasteiger charge is 2.50. The van der Waals surface area contributed by atoms with Gasteiger partial charge in [0.05, 0.1) is 0 Å². The van der Waals surface area contributed by atoms with Gasteiger partial charge in [0, 0.05) is 0 Å². The predicted molar refractivity (Wildman–Crippen MR) is 105 cm³/mol. The number of hydrogen-bond donors (Lipinski definition) is 6. The van der Waals surface area contributed by atoms with Crippen LogP contribution in [-0.2, 0) is 19.9 Å². The number of carboxylic acids is 1. The summed E-state index contributed by atoms with van der Waals surface area (Å²) in [5.41, 5.74) is -0.514. The molecule has 168 valence electrons. The number of imide groups is 1. The second kappa shape index (κ2) is 8.20. The van der Waals surface area contributed by atoms with Crippen molar-refractivity contribution in [2.45, 2.75) is 36.2 Å². The van der Waals surface area contributed by atoms with E-state index in [4.69, 9.17) is 14.6 Å². The first-order chi connectivity index (χ1) is 15.2. The third kappa shape index (κ3) is 3.56. The summed E-state index contributed by atoms with van der Waals surface area (Å²) in [6, 6.07) is 13.9. The maximum atomic E-state index is 12.7. The number of rotatable bonds is 5. The highest BCUT2D eigenvalue weighted by Crippen LogP contribution is 2.34. The largest absolute Gasteiger partial charge is 0.479 e. The lowest BCUT2D eigenvalue weighted by Crippen LogP contribution is -2.61. The molecule has 2 aliphatic heterocycles. The van der Waals surface area contributed by atoms with Gasteiger partial charge in [0.25, 0.3) is 5.91 Å². The number of aliphatic carboxylic acids is 1. The Bertz CT molecular complexity index is 1030. The maximum Gasteiger partial charge on any atom is 0.335 e. The molecule has 0 radical (unpaired) electrons. The molecule has 2 saturated heterocycles. The summed E-state index contributed by atoms with van der Waals surface area (Å²) in [6.07, 6.45) is -8.71. The Morgan fingerprint density at radius 3 is 2.09 bits per heavy atom. The maximum absolute atomic E-state index is 12.7. The van der Waals surface area contributed by atoms with Crippen LogP contribution in [0.4, 0.5) is 4.79 Å². The van der Waals surface area contributed by atoms with E-state index < -0.39 is 54.2 Å². The van der Waals surface area contributed by atoms with Crippen molar-refractivity contribution < 1.29 is 44.3 Å². The molecule has 0 spiro atoms. The first kappa shape index (κ1) is 21.7. The fraction of sp³-hybridized carbons (Fsp3) is 0.286. The quantitative estimate of drug-likeness (QED) is 0.317. The Morgan fingerprint density at radius 2 is 1.53 bits per heavy atom. The standard InChI is InChI=1S/C21H20N2O9/c24-13-14(25)16(17(27)28)32-18(15(13)26)31-12-8-6-11(7-9-12)21(10-4-2-1-3-5-10)19(29)22-20(30)23-21/h1-9,13-16,18,24-26H,(H,27,28)(H2,22,23,29,30)/t13-,14-,15+,16-,18?,21?/m0/s1. The molecular formula is C21H20N2O9. The number of carboxylic acid groups (broad SMARTS) is 1. The van der Waals surface area contributed by atoms with Gasteiger partial charge >= 0.3 is 12.0 Å². The van der Waals surface area contributed by atoms with E-state index >= 15 is 0 Å². The molecule has 0 aliphatic carbocycles. The molecule has 2 aromatic carbocycles. The van der Waals surface area contributed by atoms with Crippen molar-refractivity contribution in [1.29, 1.82) is 0 Å². The number of ether oxygens (including phenoxy) is 2. The molecule has 4 rings (SSSR count). The number of benzene rings is 2.